The van der Waals surface area contributed by atoms with Crippen LogP contribution in [0.3, 0.4) is 0 Å². The van der Waals surface area contributed by atoms with Crippen LogP contribution in [-0.2, 0) is 11.3 Å². The van der Waals surface area contributed by atoms with E-state index < -0.39 is 5.97 Å². The van der Waals surface area contributed by atoms with E-state index in [1.807, 2.05) is 6.92 Å². The van der Waals surface area contributed by atoms with Crippen molar-refractivity contribution in [1.29, 1.82) is 0 Å². The summed E-state index contributed by atoms with van der Waals surface area (Å²) in [6.45, 7) is 3.72. The Labute approximate surface area is 116 Å². The van der Waals surface area contributed by atoms with E-state index in [0.29, 0.717) is 31.1 Å². The van der Waals surface area contributed by atoms with E-state index in [1.54, 1.807) is 29.1 Å². The van der Waals surface area contributed by atoms with E-state index in [2.05, 4.69) is 15.3 Å². The smallest absolute Gasteiger partial charge is 0.358 e. The molecule has 20 heavy (non-hydrogen) atoms. The third-order valence-corrected chi connectivity index (χ3v) is 2.71. The van der Waals surface area contributed by atoms with E-state index in [4.69, 9.17) is 4.74 Å². The van der Waals surface area contributed by atoms with Crippen molar-refractivity contribution in [2.75, 3.05) is 13.2 Å². The van der Waals surface area contributed by atoms with E-state index >= 15 is 0 Å². The first kappa shape index (κ1) is 14.1. The summed E-state index contributed by atoms with van der Waals surface area (Å²) in [7, 11) is 0. The number of aromatic carboxylic acids is 1. The van der Waals surface area contributed by atoms with Crippen LogP contribution in [0.5, 0.6) is 0 Å². The van der Waals surface area contributed by atoms with Crippen molar-refractivity contribution in [2.45, 2.75) is 19.9 Å². The SMILES string of the molecule is CCOCCCn1nnc(C(=O)O)c1-c1ccccn1. The van der Waals surface area contributed by atoms with Gasteiger partial charge in [0.2, 0.25) is 0 Å². The molecule has 0 spiro atoms. The number of ether oxygens (including phenoxy) is 1. The summed E-state index contributed by atoms with van der Waals surface area (Å²) in [5, 5.41) is 16.8. The third-order valence-electron chi connectivity index (χ3n) is 2.71. The zero-order chi connectivity index (χ0) is 14.4. The van der Waals surface area contributed by atoms with Gasteiger partial charge in [-0.15, -0.1) is 5.10 Å². The number of pyridine rings is 1. The van der Waals surface area contributed by atoms with Crippen molar-refractivity contribution < 1.29 is 14.6 Å². The summed E-state index contributed by atoms with van der Waals surface area (Å²) < 4.78 is 6.82. The molecule has 0 saturated carbocycles. The predicted molar refractivity (Wildman–Crippen MR) is 71.3 cm³/mol. The summed E-state index contributed by atoms with van der Waals surface area (Å²) >= 11 is 0. The molecule has 0 radical (unpaired) electrons. The minimum absolute atomic E-state index is 0.0832. The Bertz CT molecular complexity index is 568. The molecule has 2 aromatic heterocycles. The van der Waals surface area contributed by atoms with Gasteiger partial charge in [0.15, 0.2) is 5.69 Å². The molecule has 0 aliphatic heterocycles. The predicted octanol–water partition coefficient (Wildman–Crippen LogP) is 1.46. The van der Waals surface area contributed by atoms with Crippen molar-refractivity contribution in [3.8, 4) is 11.4 Å². The summed E-state index contributed by atoms with van der Waals surface area (Å²) in [6.07, 6.45) is 2.34. The van der Waals surface area contributed by atoms with E-state index in [-0.39, 0.29) is 5.69 Å². The van der Waals surface area contributed by atoms with Crippen LogP contribution >= 0.6 is 0 Å². The fraction of sp³-hybridized carbons (Fsp3) is 0.385. The summed E-state index contributed by atoms with van der Waals surface area (Å²) in [6, 6.07) is 5.31. The molecule has 7 nitrogen and oxygen atoms in total. The minimum atomic E-state index is -1.11. The van der Waals surface area contributed by atoms with Crippen LogP contribution in [-0.4, -0.2) is 44.3 Å². The van der Waals surface area contributed by atoms with Crippen LogP contribution < -0.4 is 0 Å². The molecule has 0 aliphatic rings. The normalized spacial score (nSPS) is 10.7. The van der Waals surface area contributed by atoms with Crippen LogP contribution in [0.15, 0.2) is 24.4 Å². The molecule has 2 heterocycles. The maximum atomic E-state index is 11.2. The van der Waals surface area contributed by atoms with Crippen molar-refractivity contribution in [3.63, 3.8) is 0 Å². The molecule has 0 saturated heterocycles. The highest BCUT2D eigenvalue weighted by atomic mass is 16.5. The number of aryl methyl sites for hydroxylation is 1. The molecule has 1 N–H and O–H groups in total. The van der Waals surface area contributed by atoms with Crippen LogP contribution in [0.25, 0.3) is 11.4 Å². The van der Waals surface area contributed by atoms with Crippen LogP contribution in [0, 0.1) is 0 Å². The van der Waals surface area contributed by atoms with Gasteiger partial charge in [0.1, 0.15) is 5.69 Å². The van der Waals surface area contributed by atoms with Gasteiger partial charge in [-0.05, 0) is 25.5 Å². The second-order valence-corrected chi connectivity index (χ2v) is 4.08. The monoisotopic (exact) mass is 276 g/mol. The minimum Gasteiger partial charge on any atom is -0.476 e. The summed E-state index contributed by atoms with van der Waals surface area (Å²) in [5.74, 6) is -1.11. The van der Waals surface area contributed by atoms with Gasteiger partial charge in [0, 0.05) is 26.0 Å². The van der Waals surface area contributed by atoms with Gasteiger partial charge in [-0.25, -0.2) is 9.48 Å². The van der Waals surface area contributed by atoms with Gasteiger partial charge < -0.3 is 9.84 Å². The third kappa shape index (κ3) is 3.18. The quantitative estimate of drug-likeness (QED) is 0.770. The van der Waals surface area contributed by atoms with E-state index in [1.165, 1.54) is 0 Å². The van der Waals surface area contributed by atoms with Gasteiger partial charge in [0.05, 0.1) is 5.69 Å². The average molecular weight is 276 g/mol. The molecule has 0 atom stereocenters. The molecule has 2 rings (SSSR count). The van der Waals surface area contributed by atoms with Crippen LogP contribution in [0.4, 0.5) is 0 Å². The number of carboxylic acid groups (broad SMARTS) is 1. The first-order valence-electron chi connectivity index (χ1n) is 6.40. The highest BCUT2D eigenvalue weighted by molar-refractivity contribution is 5.92. The Hall–Kier alpha value is -2.28. The van der Waals surface area contributed by atoms with Crippen molar-refractivity contribution in [1.82, 2.24) is 20.0 Å². The first-order valence-corrected chi connectivity index (χ1v) is 6.40. The molecule has 0 aromatic carbocycles. The summed E-state index contributed by atoms with van der Waals surface area (Å²) in [5.41, 5.74) is 0.890. The molecule has 0 aliphatic carbocycles. The van der Waals surface area contributed by atoms with Crippen molar-refractivity contribution in [3.05, 3.63) is 30.1 Å². The van der Waals surface area contributed by atoms with E-state index in [9.17, 15) is 9.90 Å². The first-order chi connectivity index (χ1) is 9.74. The second kappa shape index (κ2) is 6.76. The van der Waals surface area contributed by atoms with Crippen LogP contribution in [0.1, 0.15) is 23.8 Å². The summed E-state index contributed by atoms with van der Waals surface area (Å²) in [4.78, 5) is 15.4. The number of nitrogens with zero attached hydrogens (tertiary/aromatic N) is 4. The molecular formula is C13H16N4O3. The fourth-order valence-corrected chi connectivity index (χ4v) is 1.83. The fourth-order valence-electron chi connectivity index (χ4n) is 1.83. The largest absolute Gasteiger partial charge is 0.476 e. The topological polar surface area (TPSA) is 90.1 Å². The lowest BCUT2D eigenvalue weighted by Crippen LogP contribution is -2.08. The maximum absolute atomic E-state index is 11.2. The zero-order valence-corrected chi connectivity index (χ0v) is 11.2. The van der Waals surface area contributed by atoms with Gasteiger partial charge >= 0.3 is 5.97 Å². The Morgan fingerprint density at radius 3 is 2.95 bits per heavy atom. The molecule has 106 valence electrons. The Morgan fingerprint density at radius 2 is 2.30 bits per heavy atom. The number of hydrogen-bond donors (Lipinski definition) is 1. The molecule has 2 aromatic rings. The number of carboxylic acids is 1. The maximum Gasteiger partial charge on any atom is 0.358 e. The highest BCUT2D eigenvalue weighted by Gasteiger charge is 2.21. The van der Waals surface area contributed by atoms with Gasteiger partial charge in [-0.1, -0.05) is 11.3 Å². The molecule has 0 bridgehead atoms. The number of rotatable bonds is 7. The molecule has 0 fully saturated rings. The standard InChI is InChI=1S/C13H16N4O3/c1-2-20-9-5-8-17-12(10-6-3-4-7-14-10)11(13(18)19)15-16-17/h3-4,6-7H,2,5,8-9H2,1H3,(H,18,19). The zero-order valence-electron chi connectivity index (χ0n) is 11.2. The van der Waals surface area contributed by atoms with Crippen molar-refractivity contribution >= 4 is 5.97 Å². The lowest BCUT2D eigenvalue weighted by molar-refractivity contribution is 0.0691. The van der Waals surface area contributed by atoms with Gasteiger partial charge in [-0.2, -0.15) is 0 Å². The molecule has 7 heteroatoms. The Kier molecular flexibility index (Phi) is 4.78. The molecular weight excluding hydrogens is 260 g/mol. The Balaban J connectivity index is 2.26. The molecule has 0 amide bonds. The highest BCUT2D eigenvalue weighted by Crippen LogP contribution is 2.20. The lowest BCUT2D eigenvalue weighted by Gasteiger charge is -2.06. The Morgan fingerprint density at radius 1 is 1.45 bits per heavy atom. The average Bonchev–Trinajstić information content (AvgIpc) is 2.88. The second-order valence-electron chi connectivity index (χ2n) is 4.08. The number of hydrogen-bond acceptors (Lipinski definition) is 5. The number of carbonyl (C=O) groups is 1. The number of aromatic nitrogens is 4. The molecule has 0 unspecified atom stereocenters. The lowest BCUT2D eigenvalue weighted by atomic mass is 10.2. The van der Waals surface area contributed by atoms with E-state index in [0.717, 1.165) is 6.42 Å². The van der Waals surface area contributed by atoms with Gasteiger partial charge in [-0.3, -0.25) is 4.98 Å². The van der Waals surface area contributed by atoms with Gasteiger partial charge in [0.25, 0.3) is 0 Å². The van der Waals surface area contributed by atoms with Crippen molar-refractivity contribution in [2.24, 2.45) is 0 Å². The van der Waals surface area contributed by atoms with Crippen LogP contribution in [0.2, 0.25) is 0 Å².